The molecule has 3 nitrogen and oxygen atoms in total. The first-order chi connectivity index (χ1) is 10.2. The Hall–Kier alpha value is -0.520. The SMILES string of the molecule is O=C(c1cccc(Br)c1)N1CCCN(C2CCSC2)CC1. The van der Waals surface area contributed by atoms with E-state index in [9.17, 15) is 4.79 Å². The number of amides is 1. The molecule has 1 aromatic rings. The molecule has 1 amide bonds. The lowest BCUT2D eigenvalue weighted by molar-refractivity contribution is 0.0759. The first kappa shape index (κ1) is 15.4. The molecule has 0 radical (unpaired) electrons. The summed E-state index contributed by atoms with van der Waals surface area (Å²) >= 11 is 5.50. The van der Waals surface area contributed by atoms with Crippen molar-refractivity contribution in [3.63, 3.8) is 0 Å². The van der Waals surface area contributed by atoms with Crippen molar-refractivity contribution in [3.05, 3.63) is 34.3 Å². The third-order valence-electron chi connectivity index (χ3n) is 4.31. The maximum atomic E-state index is 12.6. The van der Waals surface area contributed by atoms with Gasteiger partial charge in [-0.25, -0.2) is 0 Å². The van der Waals surface area contributed by atoms with Gasteiger partial charge in [0.1, 0.15) is 0 Å². The van der Waals surface area contributed by atoms with Crippen LogP contribution in [-0.2, 0) is 0 Å². The predicted octanol–water partition coefficient (Wildman–Crippen LogP) is 3.10. The van der Waals surface area contributed by atoms with Gasteiger partial charge < -0.3 is 4.90 Å². The summed E-state index contributed by atoms with van der Waals surface area (Å²) < 4.78 is 0.966. The van der Waals surface area contributed by atoms with Crippen LogP contribution >= 0.6 is 27.7 Å². The minimum Gasteiger partial charge on any atom is -0.337 e. The van der Waals surface area contributed by atoms with Crippen LogP contribution in [0, 0.1) is 0 Å². The number of hydrogen-bond donors (Lipinski definition) is 0. The van der Waals surface area contributed by atoms with Crippen LogP contribution in [0.2, 0.25) is 0 Å². The van der Waals surface area contributed by atoms with E-state index in [2.05, 4.69) is 32.6 Å². The Labute approximate surface area is 139 Å². The molecule has 2 saturated heterocycles. The molecule has 0 aromatic heterocycles. The lowest BCUT2D eigenvalue weighted by Crippen LogP contribution is -2.39. The molecule has 0 saturated carbocycles. The largest absolute Gasteiger partial charge is 0.337 e. The molecule has 1 aromatic carbocycles. The first-order valence-corrected chi connectivity index (χ1v) is 9.55. The number of nitrogens with zero attached hydrogens (tertiary/aromatic N) is 2. The highest BCUT2D eigenvalue weighted by molar-refractivity contribution is 9.10. The molecule has 2 fully saturated rings. The average molecular weight is 369 g/mol. The molecule has 0 bridgehead atoms. The standard InChI is InChI=1S/C16H21BrN2OS/c17-14-4-1-3-13(11-14)16(20)19-7-2-6-18(8-9-19)15-5-10-21-12-15/h1,3-4,11,15H,2,5-10,12H2. The zero-order valence-corrected chi connectivity index (χ0v) is 14.5. The molecule has 0 spiro atoms. The second kappa shape index (κ2) is 7.16. The van der Waals surface area contributed by atoms with Gasteiger partial charge in [-0.2, -0.15) is 11.8 Å². The maximum Gasteiger partial charge on any atom is 0.253 e. The molecule has 114 valence electrons. The highest BCUT2D eigenvalue weighted by atomic mass is 79.9. The van der Waals surface area contributed by atoms with Crippen molar-refractivity contribution in [2.75, 3.05) is 37.7 Å². The Morgan fingerprint density at radius 3 is 2.90 bits per heavy atom. The third-order valence-corrected chi connectivity index (χ3v) is 5.95. The Kier molecular flexibility index (Phi) is 5.24. The fourth-order valence-corrected chi connectivity index (χ4v) is 4.77. The number of hydrogen-bond acceptors (Lipinski definition) is 3. The van der Waals surface area contributed by atoms with Crippen molar-refractivity contribution in [1.29, 1.82) is 0 Å². The number of thioether (sulfide) groups is 1. The molecule has 1 atom stereocenters. The van der Waals surface area contributed by atoms with Crippen LogP contribution in [0.4, 0.5) is 0 Å². The van der Waals surface area contributed by atoms with Gasteiger partial charge in [0.2, 0.25) is 0 Å². The molecule has 2 aliphatic heterocycles. The zero-order chi connectivity index (χ0) is 14.7. The minimum absolute atomic E-state index is 0.166. The summed E-state index contributed by atoms with van der Waals surface area (Å²) in [6.45, 7) is 3.88. The van der Waals surface area contributed by atoms with E-state index in [1.807, 2.05) is 29.2 Å². The van der Waals surface area contributed by atoms with Crippen LogP contribution < -0.4 is 0 Å². The van der Waals surface area contributed by atoms with Gasteiger partial charge in [0.25, 0.3) is 5.91 Å². The second-order valence-corrected chi connectivity index (χ2v) is 7.77. The lowest BCUT2D eigenvalue weighted by atomic mass is 10.2. The van der Waals surface area contributed by atoms with Crippen LogP contribution in [0.15, 0.2) is 28.7 Å². The van der Waals surface area contributed by atoms with Gasteiger partial charge in [0, 0.05) is 48.0 Å². The molecular formula is C16H21BrN2OS. The molecule has 1 unspecified atom stereocenters. The Bertz CT molecular complexity index is 505. The average Bonchev–Trinajstić information content (AvgIpc) is 2.91. The molecule has 0 aliphatic carbocycles. The van der Waals surface area contributed by atoms with Crippen molar-refractivity contribution in [2.24, 2.45) is 0 Å². The minimum atomic E-state index is 0.166. The number of rotatable bonds is 2. The van der Waals surface area contributed by atoms with E-state index in [-0.39, 0.29) is 5.91 Å². The summed E-state index contributed by atoms with van der Waals surface area (Å²) in [5.41, 5.74) is 0.786. The monoisotopic (exact) mass is 368 g/mol. The topological polar surface area (TPSA) is 23.6 Å². The quantitative estimate of drug-likeness (QED) is 0.801. The molecular weight excluding hydrogens is 348 g/mol. The van der Waals surface area contributed by atoms with Gasteiger partial charge in [-0.05, 0) is 36.8 Å². The van der Waals surface area contributed by atoms with E-state index in [0.29, 0.717) is 0 Å². The van der Waals surface area contributed by atoms with Gasteiger partial charge in [-0.15, -0.1) is 0 Å². The molecule has 21 heavy (non-hydrogen) atoms. The maximum absolute atomic E-state index is 12.6. The van der Waals surface area contributed by atoms with Gasteiger partial charge >= 0.3 is 0 Å². The van der Waals surface area contributed by atoms with Crippen LogP contribution in [0.25, 0.3) is 0 Å². The summed E-state index contributed by atoms with van der Waals surface area (Å²) in [5, 5.41) is 0. The number of halogens is 1. The summed E-state index contributed by atoms with van der Waals surface area (Å²) in [5.74, 6) is 2.72. The highest BCUT2D eigenvalue weighted by Gasteiger charge is 2.26. The van der Waals surface area contributed by atoms with E-state index in [1.165, 1.54) is 17.9 Å². The van der Waals surface area contributed by atoms with Crippen molar-refractivity contribution < 1.29 is 4.79 Å². The van der Waals surface area contributed by atoms with Gasteiger partial charge in [-0.1, -0.05) is 22.0 Å². The normalized spacial score (nSPS) is 24.0. The number of benzene rings is 1. The van der Waals surface area contributed by atoms with E-state index >= 15 is 0 Å². The number of carbonyl (C=O) groups excluding carboxylic acids is 1. The second-order valence-electron chi connectivity index (χ2n) is 5.71. The zero-order valence-electron chi connectivity index (χ0n) is 12.1. The molecule has 2 heterocycles. The smallest absolute Gasteiger partial charge is 0.253 e. The Morgan fingerprint density at radius 1 is 1.24 bits per heavy atom. The fourth-order valence-electron chi connectivity index (χ4n) is 3.12. The van der Waals surface area contributed by atoms with Crippen molar-refractivity contribution in [3.8, 4) is 0 Å². The molecule has 3 rings (SSSR count). The summed E-state index contributed by atoms with van der Waals surface area (Å²) in [4.78, 5) is 17.2. The van der Waals surface area contributed by atoms with Gasteiger partial charge in [0.15, 0.2) is 0 Å². The fraction of sp³-hybridized carbons (Fsp3) is 0.562. The molecule has 2 aliphatic rings. The summed E-state index contributed by atoms with van der Waals surface area (Å²) in [6, 6.07) is 8.44. The van der Waals surface area contributed by atoms with Crippen molar-refractivity contribution >= 4 is 33.6 Å². The van der Waals surface area contributed by atoms with E-state index in [1.54, 1.807) is 0 Å². The van der Waals surface area contributed by atoms with Gasteiger partial charge in [0.05, 0.1) is 0 Å². The highest BCUT2D eigenvalue weighted by Crippen LogP contribution is 2.23. The lowest BCUT2D eigenvalue weighted by Gasteiger charge is -2.26. The van der Waals surface area contributed by atoms with Crippen LogP contribution in [0.5, 0.6) is 0 Å². The van der Waals surface area contributed by atoms with Crippen LogP contribution in [-0.4, -0.2) is 59.4 Å². The van der Waals surface area contributed by atoms with E-state index in [4.69, 9.17) is 0 Å². The van der Waals surface area contributed by atoms with E-state index in [0.717, 1.165) is 48.7 Å². The van der Waals surface area contributed by atoms with Crippen molar-refractivity contribution in [2.45, 2.75) is 18.9 Å². The summed E-state index contributed by atoms with van der Waals surface area (Å²) in [6.07, 6.45) is 2.39. The predicted molar refractivity (Wildman–Crippen MR) is 92.0 cm³/mol. The van der Waals surface area contributed by atoms with E-state index < -0.39 is 0 Å². The third kappa shape index (κ3) is 3.82. The van der Waals surface area contributed by atoms with Crippen molar-refractivity contribution in [1.82, 2.24) is 9.80 Å². The number of carbonyl (C=O) groups is 1. The summed E-state index contributed by atoms with van der Waals surface area (Å²) in [7, 11) is 0. The Balaban J connectivity index is 1.63. The molecule has 5 heteroatoms. The Morgan fingerprint density at radius 2 is 2.14 bits per heavy atom. The van der Waals surface area contributed by atoms with Crippen LogP contribution in [0.1, 0.15) is 23.2 Å². The molecule has 0 N–H and O–H groups in total. The van der Waals surface area contributed by atoms with Gasteiger partial charge in [-0.3, -0.25) is 9.69 Å². The first-order valence-electron chi connectivity index (χ1n) is 7.61. The van der Waals surface area contributed by atoms with Crippen LogP contribution in [0.3, 0.4) is 0 Å².